The maximum absolute atomic E-state index is 9.74. The minimum atomic E-state index is 0.00222. The lowest BCUT2D eigenvalue weighted by atomic mass is 9.74. The fraction of sp³-hybridized carbons (Fsp3) is 0.286. The topological polar surface area (TPSA) is 20.2 Å². The first-order chi connectivity index (χ1) is 7.93. The molecule has 0 aliphatic heterocycles. The van der Waals surface area contributed by atoms with Gasteiger partial charge in [0, 0.05) is 5.92 Å². The van der Waals surface area contributed by atoms with E-state index in [2.05, 4.69) is 70.0 Å². The molecule has 1 nitrogen and oxygen atoms in total. The molecule has 1 N–H and O–H groups in total. The van der Waals surface area contributed by atoms with Gasteiger partial charge in [-0.05, 0) is 55.0 Å². The van der Waals surface area contributed by atoms with Gasteiger partial charge in [0.2, 0.25) is 0 Å². The normalized spacial score (nSPS) is 15.8. The minimum Gasteiger partial charge on any atom is -0.506 e. The molecule has 0 amide bonds. The second-order valence-corrected chi connectivity index (χ2v) is 6.51. The molecule has 0 spiro atoms. The Morgan fingerprint density at radius 1 is 1.06 bits per heavy atom. The molecule has 17 heavy (non-hydrogen) atoms. The highest BCUT2D eigenvalue weighted by Gasteiger charge is 2.29. The van der Waals surface area contributed by atoms with E-state index in [1.165, 1.54) is 5.56 Å². The lowest BCUT2D eigenvalue weighted by molar-refractivity contribution is 0.442. The fourth-order valence-electron chi connectivity index (χ4n) is 2.04. The van der Waals surface area contributed by atoms with Crippen molar-refractivity contribution in [3.63, 3.8) is 0 Å². The smallest absolute Gasteiger partial charge is 0.143 e. The molecule has 3 heteroatoms. The van der Waals surface area contributed by atoms with Crippen molar-refractivity contribution < 1.29 is 5.11 Å². The molecule has 0 radical (unpaired) electrons. The van der Waals surface area contributed by atoms with E-state index in [0.717, 1.165) is 8.95 Å². The van der Waals surface area contributed by atoms with E-state index < -0.39 is 0 Å². The average Bonchev–Trinajstić information content (AvgIpc) is 2.79. The molecule has 0 bridgehead atoms. The summed E-state index contributed by atoms with van der Waals surface area (Å²) in [4.78, 5) is 0. The summed E-state index contributed by atoms with van der Waals surface area (Å²) in [6.45, 7) is 4.42. The van der Waals surface area contributed by atoms with Crippen molar-refractivity contribution >= 4 is 31.9 Å². The zero-order chi connectivity index (χ0) is 12.6. The van der Waals surface area contributed by atoms with Crippen molar-refractivity contribution in [2.45, 2.75) is 19.3 Å². The van der Waals surface area contributed by atoms with Gasteiger partial charge in [0.1, 0.15) is 5.75 Å². The third kappa shape index (κ3) is 2.36. The number of halogens is 2. The molecule has 0 heterocycles. The van der Waals surface area contributed by atoms with Crippen LogP contribution < -0.4 is 0 Å². The first kappa shape index (κ1) is 12.9. The number of benzene rings is 1. The molecule has 0 atom stereocenters. The number of hydrogen-bond acceptors (Lipinski definition) is 1. The highest BCUT2D eigenvalue weighted by Crippen LogP contribution is 2.41. The Morgan fingerprint density at radius 2 is 1.53 bits per heavy atom. The Hall–Kier alpha value is -0.540. The SMILES string of the molecule is CC(C)(c1cc(Br)c(O)c(Br)c1)C1C=CC=C1. The van der Waals surface area contributed by atoms with E-state index in [0.29, 0.717) is 5.92 Å². The number of phenols is 1. The van der Waals surface area contributed by atoms with Crippen LogP contribution in [-0.4, -0.2) is 5.11 Å². The van der Waals surface area contributed by atoms with Crippen LogP contribution in [0.25, 0.3) is 0 Å². The molecule has 1 aliphatic rings. The molecule has 0 saturated carbocycles. The first-order valence-electron chi connectivity index (χ1n) is 5.46. The third-order valence-corrected chi connectivity index (χ3v) is 4.55. The van der Waals surface area contributed by atoms with Crippen LogP contribution in [0.2, 0.25) is 0 Å². The van der Waals surface area contributed by atoms with Crippen LogP contribution in [0.3, 0.4) is 0 Å². The van der Waals surface area contributed by atoms with Crippen LogP contribution in [0.4, 0.5) is 0 Å². The van der Waals surface area contributed by atoms with Crippen molar-refractivity contribution in [3.05, 3.63) is 50.9 Å². The largest absolute Gasteiger partial charge is 0.506 e. The number of aromatic hydroxyl groups is 1. The van der Waals surface area contributed by atoms with Gasteiger partial charge in [0.15, 0.2) is 0 Å². The molecule has 0 unspecified atom stereocenters. The Kier molecular flexibility index (Phi) is 3.50. The van der Waals surface area contributed by atoms with E-state index in [4.69, 9.17) is 0 Å². The van der Waals surface area contributed by atoms with Gasteiger partial charge in [-0.1, -0.05) is 38.2 Å². The van der Waals surface area contributed by atoms with Gasteiger partial charge in [-0.2, -0.15) is 0 Å². The zero-order valence-corrected chi connectivity index (χ0v) is 12.9. The Labute approximate surface area is 118 Å². The lowest BCUT2D eigenvalue weighted by Crippen LogP contribution is -2.25. The summed E-state index contributed by atoms with van der Waals surface area (Å²) in [6.07, 6.45) is 8.57. The van der Waals surface area contributed by atoms with Gasteiger partial charge in [-0.25, -0.2) is 0 Å². The van der Waals surface area contributed by atoms with Crippen LogP contribution in [0.15, 0.2) is 45.4 Å². The summed E-state index contributed by atoms with van der Waals surface area (Å²) in [7, 11) is 0. The van der Waals surface area contributed by atoms with Gasteiger partial charge < -0.3 is 5.11 Å². The summed E-state index contributed by atoms with van der Waals surface area (Å²) < 4.78 is 1.45. The van der Waals surface area contributed by atoms with Crippen LogP contribution in [-0.2, 0) is 5.41 Å². The predicted molar refractivity (Wildman–Crippen MR) is 78.3 cm³/mol. The molecule has 0 fully saturated rings. The minimum absolute atomic E-state index is 0.00222. The van der Waals surface area contributed by atoms with Crippen LogP contribution in [0.5, 0.6) is 5.75 Å². The molecule has 2 rings (SSSR count). The zero-order valence-electron chi connectivity index (χ0n) is 9.74. The van der Waals surface area contributed by atoms with E-state index >= 15 is 0 Å². The summed E-state index contributed by atoms with van der Waals surface area (Å²) in [5, 5.41) is 9.74. The second kappa shape index (κ2) is 4.62. The Morgan fingerprint density at radius 3 is 2.00 bits per heavy atom. The van der Waals surface area contributed by atoms with Crippen LogP contribution >= 0.6 is 31.9 Å². The van der Waals surface area contributed by atoms with Gasteiger partial charge in [-0.15, -0.1) is 0 Å². The molecule has 1 aliphatic carbocycles. The number of allylic oxidation sites excluding steroid dienone is 4. The van der Waals surface area contributed by atoms with Gasteiger partial charge in [0.05, 0.1) is 8.95 Å². The standard InChI is InChI=1S/C14H14Br2O/c1-14(2,9-5-3-4-6-9)10-7-11(15)13(17)12(16)8-10/h3-9,17H,1-2H3. The summed E-state index contributed by atoms with van der Waals surface area (Å²) >= 11 is 6.76. The number of hydrogen-bond donors (Lipinski definition) is 1. The highest BCUT2D eigenvalue weighted by atomic mass is 79.9. The van der Waals surface area contributed by atoms with Crippen LogP contribution in [0, 0.1) is 5.92 Å². The quantitative estimate of drug-likeness (QED) is 0.794. The summed E-state index contributed by atoms with van der Waals surface area (Å²) in [5.41, 5.74) is 1.19. The van der Waals surface area contributed by atoms with Crippen molar-refractivity contribution in [3.8, 4) is 5.75 Å². The predicted octanol–water partition coefficient (Wildman–Crippen LogP) is 4.94. The maximum Gasteiger partial charge on any atom is 0.143 e. The third-order valence-electron chi connectivity index (χ3n) is 3.34. The monoisotopic (exact) mass is 356 g/mol. The maximum atomic E-state index is 9.74. The first-order valence-corrected chi connectivity index (χ1v) is 7.05. The number of phenolic OH excluding ortho intramolecular Hbond substituents is 1. The fourth-order valence-corrected chi connectivity index (χ4v) is 3.23. The van der Waals surface area contributed by atoms with E-state index in [-0.39, 0.29) is 11.2 Å². The van der Waals surface area contributed by atoms with Crippen molar-refractivity contribution in [1.82, 2.24) is 0 Å². The summed E-state index contributed by atoms with van der Waals surface area (Å²) in [6, 6.07) is 3.97. The molecule has 1 aromatic carbocycles. The summed E-state index contributed by atoms with van der Waals surface area (Å²) in [5.74, 6) is 0.646. The molecular formula is C14H14Br2O. The van der Waals surface area contributed by atoms with Crippen molar-refractivity contribution in [2.75, 3.05) is 0 Å². The Balaban J connectivity index is 2.46. The van der Waals surface area contributed by atoms with Gasteiger partial charge in [0.25, 0.3) is 0 Å². The van der Waals surface area contributed by atoms with Gasteiger partial charge >= 0.3 is 0 Å². The van der Waals surface area contributed by atoms with Crippen molar-refractivity contribution in [2.24, 2.45) is 5.92 Å². The highest BCUT2D eigenvalue weighted by molar-refractivity contribution is 9.11. The lowest BCUT2D eigenvalue weighted by Gasteiger charge is -2.30. The number of rotatable bonds is 2. The van der Waals surface area contributed by atoms with E-state index in [9.17, 15) is 5.11 Å². The van der Waals surface area contributed by atoms with Crippen molar-refractivity contribution in [1.29, 1.82) is 0 Å². The van der Waals surface area contributed by atoms with E-state index in [1.807, 2.05) is 12.1 Å². The van der Waals surface area contributed by atoms with Gasteiger partial charge in [-0.3, -0.25) is 0 Å². The Bertz CT molecular complexity index is 466. The molecular weight excluding hydrogens is 344 g/mol. The van der Waals surface area contributed by atoms with E-state index in [1.54, 1.807) is 0 Å². The molecule has 0 saturated heterocycles. The van der Waals surface area contributed by atoms with Crippen LogP contribution in [0.1, 0.15) is 19.4 Å². The molecule has 0 aromatic heterocycles. The molecule has 1 aromatic rings. The average molecular weight is 358 g/mol. The molecule has 90 valence electrons. The second-order valence-electron chi connectivity index (χ2n) is 4.81.